The van der Waals surface area contributed by atoms with Crippen LogP contribution in [-0.4, -0.2) is 26.5 Å². The van der Waals surface area contributed by atoms with Gasteiger partial charge in [-0.3, -0.25) is 4.79 Å². The zero-order chi connectivity index (χ0) is 16.9. The molecule has 1 unspecified atom stereocenters. The van der Waals surface area contributed by atoms with Crippen molar-refractivity contribution in [2.45, 2.75) is 18.1 Å². The summed E-state index contributed by atoms with van der Waals surface area (Å²) in [5, 5.41) is 13.6. The number of thioether (sulfide) groups is 1. The van der Waals surface area contributed by atoms with Crippen LogP contribution in [0.4, 0.5) is 0 Å². The number of thiophene rings is 1. The molecule has 0 aliphatic heterocycles. The molecule has 0 bridgehead atoms. The highest BCUT2D eigenvalue weighted by Gasteiger charge is 2.15. The van der Waals surface area contributed by atoms with Crippen LogP contribution in [0, 0.1) is 0 Å². The summed E-state index contributed by atoms with van der Waals surface area (Å²) >= 11 is 2.89. The average Bonchev–Trinajstić information content (AvgIpc) is 3.24. The van der Waals surface area contributed by atoms with Gasteiger partial charge in [0.25, 0.3) is 0 Å². The van der Waals surface area contributed by atoms with Gasteiger partial charge in [-0.05, 0) is 18.4 Å². The quantitative estimate of drug-likeness (QED) is 0.522. The van der Waals surface area contributed by atoms with Crippen LogP contribution >= 0.6 is 23.1 Å². The highest BCUT2D eigenvalue weighted by atomic mass is 32.2. The van der Waals surface area contributed by atoms with Gasteiger partial charge in [-0.25, -0.2) is 4.68 Å². The van der Waals surface area contributed by atoms with Gasteiger partial charge in [-0.2, -0.15) is 0 Å². The molecule has 0 saturated heterocycles. The van der Waals surface area contributed by atoms with E-state index in [9.17, 15) is 4.79 Å². The van der Waals surface area contributed by atoms with E-state index in [1.807, 2.05) is 54.8 Å². The Morgan fingerprint density at radius 2 is 2.08 bits per heavy atom. The summed E-state index contributed by atoms with van der Waals surface area (Å²) in [4.78, 5) is 13.2. The van der Waals surface area contributed by atoms with Gasteiger partial charge in [0.2, 0.25) is 11.1 Å². The maximum Gasteiger partial charge on any atom is 0.230 e. The topological polar surface area (TPSA) is 85.8 Å². The van der Waals surface area contributed by atoms with Gasteiger partial charge >= 0.3 is 0 Å². The van der Waals surface area contributed by atoms with E-state index in [2.05, 4.69) is 15.5 Å². The van der Waals surface area contributed by atoms with E-state index in [4.69, 9.17) is 5.84 Å². The third kappa shape index (κ3) is 3.77. The molecular weight excluding hydrogens is 342 g/mol. The van der Waals surface area contributed by atoms with Crippen molar-refractivity contribution in [1.82, 2.24) is 20.2 Å². The second-order valence-corrected chi connectivity index (χ2v) is 7.06. The number of nitrogen functional groups attached to an aromatic ring is 1. The Bertz CT molecular complexity index is 801. The van der Waals surface area contributed by atoms with Crippen LogP contribution in [0.2, 0.25) is 0 Å². The van der Waals surface area contributed by atoms with Crippen molar-refractivity contribution in [3.05, 3.63) is 52.7 Å². The predicted octanol–water partition coefficient (Wildman–Crippen LogP) is 2.69. The van der Waals surface area contributed by atoms with E-state index in [0.717, 1.165) is 10.4 Å². The van der Waals surface area contributed by atoms with Crippen LogP contribution in [-0.2, 0) is 4.79 Å². The molecule has 0 fully saturated rings. The van der Waals surface area contributed by atoms with Crippen molar-refractivity contribution in [1.29, 1.82) is 0 Å². The highest BCUT2D eigenvalue weighted by molar-refractivity contribution is 7.99. The summed E-state index contributed by atoms with van der Waals surface area (Å²) in [6.07, 6.45) is 0. The zero-order valence-electron chi connectivity index (χ0n) is 13.0. The molecule has 1 atom stereocenters. The van der Waals surface area contributed by atoms with Crippen molar-refractivity contribution in [2.24, 2.45) is 0 Å². The first kappa shape index (κ1) is 16.5. The van der Waals surface area contributed by atoms with E-state index in [-0.39, 0.29) is 17.7 Å². The Balaban J connectivity index is 1.59. The van der Waals surface area contributed by atoms with Crippen LogP contribution in [0.25, 0.3) is 11.4 Å². The molecule has 0 aliphatic rings. The molecule has 6 nitrogen and oxygen atoms in total. The second kappa shape index (κ2) is 7.50. The van der Waals surface area contributed by atoms with Crippen LogP contribution in [0.5, 0.6) is 0 Å². The first-order valence-corrected chi connectivity index (χ1v) is 9.23. The molecule has 8 heteroatoms. The Hall–Kier alpha value is -2.32. The lowest BCUT2D eigenvalue weighted by atomic mass is 10.2. The summed E-state index contributed by atoms with van der Waals surface area (Å²) < 4.78 is 1.41. The molecule has 0 radical (unpaired) electrons. The van der Waals surface area contributed by atoms with Gasteiger partial charge in [0.05, 0.1) is 11.8 Å². The van der Waals surface area contributed by atoms with Gasteiger partial charge in [0.1, 0.15) is 0 Å². The second-order valence-electron chi connectivity index (χ2n) is 5.14. The first-order valence-electron chi connectivity index (χ1n) is 7.36. The number of carbonyl (C=O) groups is 1. The number of carbonyl (C=O) groups excluding carboxylic acids is 1. The van der Waals surface area contributed by atoms with Crippen molar-refractivity contribution in [3.8, 4) is 11.4 Å². The van der Waals surface area contributed by atoms with Crippen LogP contribution in [0.3, 0.4) is 0 Å². The summed E-state index contributed by atoms with van der Waals surface area (Å²) in [5.74, 6) is 6.79. The zero-order valence-corrected chi connectivity index (χ0v) is 14.7. The lowest BCUT2D eigenvalue weighted by molar-refractivity contribution is -0.119. The predicted molar refractivity (Wildman–Crippen MR) is 97.2 cm³/mol. The number of nitrogens with zero attached hydrogens (tertiary/aromatic N) is 3. The molecule has 3 aromatic rings. The van der Waals surface area contributed by atoms with Gasteiger partial charge in [0, 0.05) is 10.4 Å². The van der Waals surface area contributed by atoms with Crippen LogP contribution < -0.4 is 11.2 Å². The Labute approximate surface area is 148 Å². The molecule has 0 aliphatic carbocycles. The van der Waals surface area contributed by atoms with E-state index in [1.165, 1.54) is 16.4 Å². The van der Waals surface area contributed by atoms with Crippen LogP contribution in [0.15, 0.2) is 53.0 Å². The number of rotatable bonds is 6. The summed E-state index contributed by atoms with van der Waals surface area (Å²) in [6, 6.07) is 13.6. The highest BCUT2D eigenvalue weighted by Crippen LogP contribution is 2.22. The lowest BCUT2D eigenvalue weighted by Gasteiger charge is -2.11. The number of nitrogens with two attached hydrogens (primary N) is 1. The van der Waals surface area contributed by atoms with Gasteiger partial charge in [-0.1, -0.05) is 48.2 Å². The van der Waals surface area contributed by atoms with Crippen LogP contribution in [0.1, 0.15) is 17.8 Å². The minimum Gasteiger partial charge on any atom is -0.348 e. The number of hydrogen-bond donors (Lipinski definition) is 2. The van der Waals surface area contributed by atoms with Gasteiger partial charge < -0.3 is 11.2 Å². The minimum atomic E-state index is -0.0647. The van der Waals surface area contributed by atoms with E-state index < -0.39 is 0 Å². The summed E-state index contributed by atoms with van der Waals surface area (Å²) in [5.41, 5.74) is 0.884. The fraction of sp³-hybridized carbons (Fsp3) is 0.188. The molecule has 0 spiro atoms. The molecule has 124 valence electrons. The summed E-state index contributed by atoms with van der Waals surface area (Å²) in [7, 11) is 0. The van der Waals surface area contributed by atoms with Gasteiger partial charge in [0.15, 0.2) is 5.82 Å². The van der Waals surface area contributed by atoms with Gasteiger partial charge in [-0.15, -0.1) is 21.5 Å². The molecule has 3 rings (SSSR count). The molecule has 2 heterocycles. The number of nitrogens with one attached hydrogen (secondary N) is 1. The van der Waals surface area contributed by atoms with Crippen molar-refractivity contribution in [3.63, 3.8) is 0 Å². The molecule has 0 saturated carbocycles. The maximum absolute atomic E-state index is 12.1. The fourth-order valence-electron chi connectivity index (χ4n) is 2.18. The Morgan fingerprint density at radius 3 is 2.79 bits per heavy atom. The van der Waals surface area contributed by atoms with E-state index >= 15 is 0 Å². The molecule has 24 heavy (non-hydrogen) atoms. The minimum absolute atomic E-state index is 0.00581. The molecular formula is C16H17N5OS2. The van der Waals surface area contributed by atoms with Crippen molar-refractivity contribution in [2.75, 3.05) is 11.6 Å². The number of hydrogen-bond acceptors (Lipinski definition) is 6. The standard InChI is InChI=1S/C16H17N5OS2/c1-11(13-8-5-9-23-13)18-14(22)10-24-16-20-19-15(21(16)17)12-6-3-2-4-7-12/h2-9,11H,10,17H2,1H3,(H,18,22). The van der Waals surface area contributed by atoms with E-state index in [1.54, 1.807) is 11.3 Å². The lowest BCUT2D eigenvalue weighted by Crippen LogP contribution is -2.28. The number of amides is 1. The fourth-order valence-corrected chi connectivity index (χ4v) is 3.58. The summed E-state index contributed by atoms with van der Waals surface area (Å²) in [6.45, 7) is 1.97. The van der Waals surface area contributed by atoms with Crippen molar-refractivity contribution < 1.29 is 4.79 Å². The Morgan fingerprint density at radius 1 is 1.29 bits per heavy atom. The Kier molecular flexibility index (Phi) is 5.17. The normalized spacial score (nSPS) is 12.0. The van der Waals surface area contributed by atoms with Crippen molar-refractivity contribution >= 4 is 29.0 Å². The monoisotopic (exact) mass is 359 g/mol. The molecule has 3 N–H and O–H groups in total. The largest absolute Gasteiger partial charge is 0.348 e. The SMILES string of the molecule is CC(NC(=O)CSc1nnc(-c2ccccc2)n1N)c1cccs1. The molecule has 2 aromatic heterocycles. The molecule has 1 amide bonds. The smallest absolute Gasteiger partial charge is 0.230 e. The maximum atomic E-state index is 12.1. The van der Waals surface area contributed by atoms with E-state index in [0.29, 0.717) is 11.0 Å². The third-order valence-electron chi connectivity index (χ3n) is 3.38. The third-order valence-corrected chi connectivity index (χ3v) is 5.37. The number of aromatic nitrogens is 3. The molecule has 1 aromatic carbocycles. The average molecular weight is 359 g/mol. The first-order chi connectivity index (χ1) is 11.6. The number of benzene rings is 1.